The molecule has 0 spiro atoms. The fourth-order valence-corrected chi connectivity index (χ4v) is 4.21. The minimum Gasteiger partial charge on any atom is -0.508 e. The lowest BCUT2D eigenvalue weighted by molar-refractivity contribution is -0.0588. The molecule has 1 atom stereocenters. The van der Waals surface area contributed by atoms with Gasteiger partial charge in [0.05, 0.1) is 18.4 Å². The lowest BCUT2D eigenvalue weighted by atomic mass is 9.84. The van der Waals surface area contributed by atoms with Crippen molar-refractivity contribution in [2.45, 2.75) is 12.0 Å². The Labute approximate surface area is 195 Å². The number of halogens is 1. The van der Waals surface area contributed by atoms with E-state index in [2.05, 4.69) is 10.2 Å². The second-order valence-electron chi connectivity index (χ2n) is 7.86. The lowest BCUT2D eigenvalue weighted by Crippen LogP contribution is -2.47. The van der Waals surface area contributed by atoms with Gasteiger partial charge in [-0.05, 0) is 47.5 Å². The Morgan fingerprint density at radius 1 is 1.03 bits per heavy atom. The molecule has 0 amide bonds. The van der Waals surface area contributed by atoms with Gasteiger partial charge in [0.2, 0.25) is 5.78 Å². The summed E-state index contributed by atoms with van der Waals surface area (Å²) >= 11 is 6.01. The lowest BCUT2D eigenvalue weighted by Gasteiger charge is -2.36. The van der Waals surface area contributed by atoms with E-state index in [-0.39, 0.29) is 24.7 Å². The van der Waals surface area contributed by atoms with Gasteiger partial charge in [-0.15, -0.1) is 0 Å². The van der Waals surface area contributed by atoms with Gasteiger partial charge < -0.3 is 14.6 Å². The van der Waals surface area contributed by atoms with Crippen LogP contribution in [0.15, 0.2) is 79.0 Å². The summed E-state index contributed by atoms with van der Waals surface area (Å²) in [4.78, 5) is 13.6. The van der Waals surface area contributed by atoms with E-state index >= 15 is 0 Å². The van der Waals surface area contributed by atoms with Gasteiger partial charge in [-0.3, -0.25) is 9.89 Å². The van der Waals surface area contributed by atoms with Crippen molar-refractivity contribution in [3.63, 3.8) is 0 Å². The van der Waals surface area contributed by atoms with Crippen molar-refractivity contribution in [3.05, 3.63) is 101 Å². The monoisotopic (exact) mass is 460 g/mol. The minimum absolute atomic E-state index is 0.0423. The first-order valence-electron chi connectivity index (χ1n) is 10.5. The van der Waals surface area contributed by atoms with Crippen molar-refractivity contribution < 1.29 is 19.4 Å². The number of rotatable bonds is 6. The maximum Gasteiger partial charge on any atom is 0.206 e. The number of ketones is 1. The first kappa shape index (κ1) is 21.2. The fourth-order valence-electron chi connectivity index (χ4n) is 4.09. The van der Waals surface area contributed by atoms with Gasteiger partial charge in [-0.1, -0.05) is 48.0 Å². The number of phenolic OH excluding ortho intramolecular Hbond substituents is 1. The number of H-pyrrole nitrogens is 1. The molecule has 1 aliphatic rings. The Balaban J connectivity index is 1.42. The van der Waals surface area contributed by atoms with Crippen LogP contribution in [0.2, 0.25) is 5.02 Å². The Morgan fingerprint density at radius 3 is 2.58 bits per heavy atom. The molecule has 6 nitrogen and oxygen atoms in total. The maximum absolute atomic E-state index is 13.6. The first-order chi connectivity index (χ1) is 16.1. The van der Waals surface area contributed by atoms with Crippen LogP contribution in [0, 0.1) is 0 Å². The van der Waals surface area contributed by atoms with Crippen molar-refractivity contribution in [1.29, 1.82) is 0 Å². The van der Waals surface area contributed by atoms with E-state index in [9.17, 15) is 9.90 Å². The number of Topliss-reactive ketones (excluding diaryl/α,β-unsaturated/α-hetero) is 1. The molecule has 33 heavy (non-hydrogen) atoms. The van der Waals surface area contributed by atoms with E-state index in [1.807, 2.05) is 30.3 Å². The number of aromatic hydroxyl groups is 1. The molecule has 7 heteroatoms. The van der Waals surface area contributed by atoms with Crippen LogP contribution in [0.25, 0.3) is 11.1 Å². The molecular formula is C26H21ClN2O4. The van der Waals surface area contributed by atoms with Gasteiger partial charge in [0, 0.05) is 22.7 Å². The summed E-state index contributed by atoms with van der Waals surface area (Å²) in [7, 11) is 0. The molecule has 0 fully saturated rings. The normalized spacial score (nSPS) is 17.4. The topological polar surface area (TPSA) is 84.4 Å². The SMILES string of the molecule is O=C1c2ccccc2OCC1(OCCc1[nH]ncc1-c1ccc(Cl)cc1)c1ccc(O)cc1. The number of nitrogens with zero attached hydrogens (tertiary/aromatic N) is 1. The van der Waals surface area contributed by atoms with Crippen LogP contribution in [-0.4, -0.2) is 34.3 Å². The number of fused-ring (bicyclic) bond motifs is 1. The van der Waals surface area contributed by atoms with E-state index in [0.29, 0.717) is 28.3 Å². The summed E-state index contributed by atoms with van der Waals surface area (Å²) < 4.78 is 12.3. The Hall–Kier alpha value is -3.61. The number of carbonyl (C=O) groups excluding carboxylic acids is 1. The van der Waals surface area contributed by atoms with E-state index in [1.54, 1.807) is 48.7 Å². The van der Waals surface area contributed by atoms with Crippen LogP contribution >= 0.6 is 11.6 Å². The quantitative estimate of drug-likeness (QED) is 0.415. The Kier molecular flexibility index (Phi) is 5.62. The molecule has 166 valence electrons. The summed E-state index contributed by atoms with van der Waals surface area (Å²) in [6.45, 7) is 0.293. The number of hydrogen-bond donors (Lipinski definition) is 2. The highest BCUT2D eigenvalue weighted by molar-refractivity contribution is 6.30. The molecular weight excluding hydrogens is 440 g/mol. The largest absolute Gasteiger partial charge is 0.508 e. The predicted molar refractivity (Wildman–Crippen MR) is 125 cm³/mol. The Bertz CT molecular complexity index is 1280. The molecule has 0 bridgehead atoms. The summed E-state index contributed by atoms with van der Waals surface area (Å²) in [5, 5.41) is 17.6. The van der Waals surface area contributed by atoms with E-state index < -0.39 is 5.60 Å². The number of ether oxygens (including phenoxy) is 2. The molecule has 4 aromatic rings. The van der Waals surface area contributed by atoms with Gasteiger partial charge in [0.15, 0.2) is 5.60 Å². The minimum atomic E-state index is -1.32. The molecule has 2 N–H and O–H groups in total. The summed E-state index contributed by atoms with van der Waals surface area (Å²) in [6, 6.07) is 21.2. The smallest absolute Gasteiger partial charge is 0.206 e. The van der Waals surface area contributed by atoms with Crippen molar-refractivity contribution in [3.8, 4) is 22.6 Å². The van der Waals surface area contributed by atoms with Crippen LogP contribution in [0.4, 0.5) is 0 Å². The molecule has 5 rings (SSSR count). The van der Waals surface area contributed by atoms with E-state index in [4.69, 9.17) is 21.1 Å². The summed E-state index contributed by atoms with van der Waals surface area (Å²) in [5.74, 6) is 0.486. The molecule has 0 radical (unpaired) electrons. The number of nitrogens with one attached hydrogen (secondary N) is 1. The van der Waals surface area contributed by atoms with Crippen molar-refractivity contribution >= 4 is 17.4 Å². The molecule has 1 aliphatic heterocycles. The highest BCUT2D eigenvalue weighted by Crippen LogP contribution is 2.39. The van der Waals surface area contributed by atoms with Gasteiger partial charge in [-0.2, -0.15) is 5.10 Å². The number of benzene rings is 3. The molecule has 0 aliphatic carbocycles. The molecule has 1 unspecified atom stereocenters. The highest BCUT2D eigenvalue weighted by atomic mass is 35.5. The number of carbonyl (C=O) groups is 1. The Morgan fingerprint density at radius 2 is 1.79 bits per heavy atom. The van der Waals surface area contributed by atoms with Crippen LogP contribution in [0.5, 0.6) is 11.5 Å². The number of para-hydroxylation sites is 1. The van der Waals surface area contributed by atoms with Crippen LogP contribution in [0.3, 0.4) is 0 Å². The van der Waals surface area contributed by atoms with Crippen molar-refractivity contribution in [2.24, 2.45) is 0 Å². The van der Waals surface area contributed by atoms with Gasteiger partial charge >= 0.3 is 0 Å². The zero-order chi connectivity index (χ0) is 22.8. The van der Waals surface area contributed by atoms with Crippen molar-refractivity contribution in [1.82, 2.24) is 10.2 Å². The van der Waals surface area contributed by atoms with E-state index in [1.165, 1.54) is 0 Å². The van der Waals surface area contributed by atoms with Crippen LogP contribution < -0.4 is 4.74 Å². The maximum atomic E-state index is 13.6. The second kappa shape index (κ2) is 8.73. The molecule has 2 heterocycles. The third-order valence-corrected chi connectivity index (χ3v) is 6.09. The third kappa shape index (κ3) is 3.99. The van der Waals surface area contributed by atoms with E-state index in [0.717, 1.165) is 16.8 Å². The molecule has 0 saturated heterocycles. The predicted octanol–water partition coefficient (Wildman–Crippen LogP) is 5.17. The van der Waals surface area contributed by atoms with Crippen LogP contribution in [0.1, 0.15) is 21.6 Å². The fraction of sp³-hybridized carbons (Fsp3) is 0.154. The van der Waals surface area contributed by atoms with Crippen LogP contribution in [-0.2, 0) is 16.8 Å². The number of aromatic nitrogens is 2. The zero-order valence-electron chi connectivity index (χ0n) is 17.6. The molecule has 1 aromatic heterocycles. The standard InChI is InChI=1S/C26H21ClN2O4/c27-19-9-5-17(6-10-19)22-15-28-29-23(22)13-14-33-26(18-7-11-20(30)12-8-18)16-32-24-4-2-1-3-21(24)25(26)31/h1-12,15,30H,13-14,16H2,(H,28,29). The third-order valence-electron chi connectivity index (χ3n) is 5.84. The number of hydrogen-bond acceptors (Lipinski definition) is 5. The highest BCUT2D eigenvalue weighted by Gasteiger charge is 2.47. The summed E-state index contributed by atoms with van der Waals surface area (Å²) in [6.07, 6.45) is 2.27. The second-order valence-corrected chi connectivity index (χ2v) is 8.29. The van der Waals surface area contributed by atoms with Gasteiger partial charge in [0.1, 0.15) is 18.1 Å². The molecule has 0 saturated carbocycles. The van der Waals surface area contributed by atoms with Gasteiger partial charge in [-0.25, -0.2) is 0 Å². The number of aromatic amines is 1. The van der Waals surface area contributed by atoms with Crippen molar-refractivity contribution in [2.75, 3.05) is 13.2 Å². The van der Waals surface area contributed by atoms with Gasteiger partial charge in [0.25, 0.3) is 0 Å². The molecule has 3 aromatic carbocycles. The average molecular weight is 461 g/mol. The first-order valence-corrected chi connectivity index (χ1v) is 10.9. The summed E-state index contributed by atoms with van der Waals surface area (Å²) in [5.41, 5.74) is 2.61. The zero-order valence-corrected chi connectivity index (χ0v) is 18.4. The number of phenols is 1. The average Bonchev–Trinajstić information content (AvgIpc) is 3.30.